The number of methoxy groups -OCH3 is 1. The van der Waals surface area contributed by atoms with Gasteiger partial charge in [-0.2, -0.15) is 0 Å². The highest BCUT2D eigenvalue weighted by molar-refractivity contribution is 6.02. The lowest BCUT2D eigenvalue weighted by atomic mass is 9.93. The zero-order valence-corrected chi connectivity index (χ0v) is 9.42. The first-order valence-corrected chi connectivity index (χ1v) is 4.63. The van der Waals surface area contributed by atoms with Gasteiger partial charge in [-0.25, -0.2) is 0 Å². The smallest absolute Gasteiger partial charge is 0.316 e. The third kappa shape index (κ3) is 3.10. The molecule has 0 rings (SSSR count). The Kier molecular flexibility index (Phi) is 4.77. The van der Waals surface area contributed by atoms with Crippen molar-refractivity contribution < 1.29 is 19.1 Å². The van der Waals surface area contributed by atoms with E-state index in [9.17, 15) is 9.59 Å². The number of ketones is 1. The largest absolute Gasteiger partial charge is 0.468 e. The second-order valence-corrected chi connectivity index (χ2v) is 3.55. The van der Waals surface area contributed by atoms with E-state index in [0.29, 0.717) is 6.61 Å². The molecule has 0 aromatic carbocycles. The van der Waals surface area contributed by atoms with E-state index in [1.807, 2.05) is 0 Å². The zero-order chi connectivity index (χ0) is 11.4. The van der Waals surface area contributed by atoms with E-state index in [-0.39, 0.29) is 5.78 Å². The molecule has 82 valence electrons. The van der Waals surface area contributed by atoms with E-state index >= 15 is 0 Å². The predicted octanol–water partition coefficient (Wildman–Crippen LogP) is 1.18. The summed E-state index contributed by atoms with van der Waals surface area (Å²) >= 11 is 0. The van der Waals surface area contributed by atoms with Gasteiger partial charge < -0.3 is 9.47 Å². The van der Waals surface area contributed by atoms with Crippen LogP contribution in [0.4, 0.5) is 0 Å². The van der Waals surface area contributed by atoms with Crippen LogP contribution in [0.15, 0.2) is 0 Å². The van der Waals surface area contributed by atoms with Gasteiger partial charge in [0.25, 0.3) is 0 Å². The summed E-state index contributed by atoms with van der Waals surface area (Å²) in [5.74, 6) is -1.56. The van der Waals surface area contributed by atoms with E-state index in [4.69, 9.17) is 4.74 Å². The Balaban J connectivity index is 4.52. The van der Waals surface area contributed by atoms with Crippen LogP contribution in [-0.4, -0.2) is 31.1 Å². The number of Topliss-reactive ketones (excluding diaryl/α,β-unsaturated/α-hetero) is 1. The van der Waals surface area contributed by atoms with Crippen LogP contribution in [0, 0.1) is 5.92 Å². The maximum atomic E-state index is 11.7. The summed E-state index contributed by atoms with van der Waals surface area (Å²) in [6.07, 6.45) is 0. The molecule has 0 saturated heterocycles. The molecule has 0 bridgehead atoms. The van der Waals surface area contributed by atoms with E-state index in [0.717, 1.165) is 0 Å². The lowest BCUT2D eigenvalue weighted by molar-refractivity contribution is -0.156. The maximum absolute atomic E-state index is 11.7. The first kappa shape index (κ1) is 13.1. The fourth-order valence-electron chi connectivity index (χ4n) is 1.24. The van der Waals surface area contributed by atoms with Crippen LogP contribution in [0.1, 0.15) is 27.7 Å². The molecule has 0 heterocycles. The second-order valence-electron chi connectivity index (χ2n) is 3.55. The molecular weight excluding hydrogens is 184 g/mol. The maximum Gasteiger partial charge on any atom is 0.316 e. The Morgan fingerprint density at radius 3 is 2.21 bits per heavy atom. The minimum atomic E-state index is -0.928. The lowest BCUT2D eigenvalue weighted by Gasteiger charge is -2.25. The van der Waals surface area contributed by atoms with Crippen molar-refractivity contribution in [2.24, 2.45) is 5.92 Å². The van der Waals surface area contributed by atoms with Gasteiger partial charge in [0, 0.05) is 6.61 Å². The molecule has 14 heavy (non-hydrogen) atoms. The lowest BCUT2D eigenvalue weighted by Crippen LogP contribution is -2.41. The number of ether oxygens (including phenoxy) is 2. The van der Waals surface area contributed by atoms with Crippen molar-refractivity contribution in [3.63, 3.8) is 0 Å². The Bertz CT molecular complexity index is 220. The van der Waals surface area contributed by atoms with Gasteiger partial charge >= 0.3 is 5.97 Å². The van der Waals surface area contributed by atoms with Crippen molar-refractivity contribution in [1.82, 2.24) is 0 Å². The number of hydrogen-bond donors (Lipinski definition) is 0. The molecule has 0 aromatic heterocycles. The van der Waals surface area contributed by atoms with Crippen LogP contribution in [0.2, 0.25) is 0 Å². The molecule has 4 nitrogen and oxygen atoms in total. The fourth-order valence-corrected chi connectivity index (χ4v) is 1.24. The highest BCUT2D eigenvalue weighted by atomic mass is 16.5. The Morgan fingerprint density at radius 2 is 1.86 bits per heavy atom. The van der Waals surface area contributed by atoms with E-state index in [1.54, 1.807) is 20.8 Å². The molecule has 0 spiro atoms. The van der Waals surface area contributed by atoms with Crippen LogP contribution in [0.25, 0.3) is 0 Å². The molecule has 0 fully saturated rings. The average molecular weight is 202 g/mol. The molecule has 1 unspecified atom stereocenters. The van der Waals surface area contributed by atoms with Crippen molar-refractivity contribution in [1.29, 1.82) is 0 Å². The molecule has 0 aliphatic heterocycles. The van der Waals surface area contributed by atoms with Crippen molar-refractivity contribution in [2.45, 2.75) is 33.3 Å². The van der Waals surface area contributed by atoms with Gasteiger partial charge in [0.15, 0.2) is 5.78 Å². The molecule has 0 N–H and O–H groups in total. The van der Waals surface area contributed by atoms with E-state index in [1.165, 1.54) is 14.0 Å². The Hall–Kier alpha value is -0.900. The summed E-state index contributed by atoms with van der Waals surface area (Å²) in [7, 11) is 1.26. The molecule has 1 atom stereocenters. The molecule has 0 saturated carbocycles. The van der Waals surface area contributed by atoms with Gasteiger partial charge in [-0.05, 0) is 27.7 Å². The zero-order valence-electron chi connectivity index (χ0n) is 9.42. The normalized spacial score (nSPS) is 13.5. The summed E-state index contributed by atoms with van der Waals surface area (Å²) in [4.78, 5) is 22.8. The van der Waals surface area contributed by atoms with Gasteiger partial charge in [0.05, 0.1) is 7.11 Å². The SMILES string of the molecule is CCOC(C)(C)C(=O)C(C)C(=O)OC. The highest BCUT2D eigenvalue weighted by Gasteiger charge is 2.35. The second kappa shape index (κ2) is 5.10. The van der Waals surface area contributed by atoms with E-state index in [2.05, 4.69) is 4.74 Å². The number of carbonyl (C=O) groups is 2. The number of rotatable bonds is 5. The van der Waals surface area contributed by atoms with Crippen LogP contribution in [-0.2, 0) is 19.1 Å². The first-order valence-electron chi connectivity index (χ1n) is 4.63. The monoisotopic (exact) mass is 202 g/mol. The summed E-state index contributed by atoms with van der Waals surface area (Å²) < 4.78 is 9.74. The minimum absolute atomic E-state index is 0.258. The molecule has 0 aliphatic carbocycles. The molecule has 0 aromatic rings. The molecule has 0 aliphatic rings. The Labute approximate surface area is 84.6 Å². The van der Waals surface area contributed by atoms with Gasteiger partial charge in [-0.3, -0.25) is 9.59 Å². The third-order valence-corrected chi connectivity index (χ3v) is 2.05. The topological polar surface area (TPSA) is 52.6 Å². The Morgan fingerprint density at radius 1 is 1.36 bits per heavy atom. The number of hydrogen-bond acceptors (Lipinski definition) is 4. The van der Waals surface area contributed by atoms with Gasteiger partial charge in [-0.1, -0.05) is 0 Å². The van der Waals surface area contributed by atoms with Gasteiger partial charge in [-0.15, -0.1) is 0 Å². The van der Waals surface area contributed by atoms with Crippen molar-refractivity contribution >= 4 is 11.8 Å². The molecule has 4 heteroatoms. The first-order chi connectivity index (χ1) is 6.36. The van der Waals surface area contributed by atoms with Crippen molar-refractivity contribution in [2.75, 3.05) is 13.7 Å². The fraction of sp³-hybridized carbons (Fsp3) is 0.800. The number of carbonyl (C=O) groups excluding carboxylic acids is 2. The summed E-state index contributed by atoms with van der Waals surface area (Å²) in [5, 5.41) is 0. The quantitative estimate of drug-likeness (QED) is 0.496. The van der Waals surface area contributed by atoms with Gasteiger partial charge in [0.2, 0.25) is 0 Å². The standard InChI is InChI=1S/C10H18O4/c1-6-14-10(3,4)8(11)7(2)9(12)13-5/h7H,6H2,1-5H3. The van der Waals surface area contributed by atoms with Crippen LogP contribution in [0.5, 0.6) is 0 Å². The summed E-state index contributed by atoms with van der Waals surface area (Å²) in [6, 6.07) is 0. The van der Waals surface area contributed by atoms with E-state index < -0.39 is 17.5 Å². The summed E-state index contributed by atoms with van der Waals surface area (Å²) in [5.41, 5.74) is -0.928. The molecular formula is C10H18O4. The average Bonchev–Trinajstić information content (AvgIpc) is 2.14. The summed E-state index contributed by atoms with van der Waals surface area (Å²) in [6.45, 7) is 7.07. The van der Waals surface area contributed by atoms with Crippen molar-refractivity contribution in [3.05, 3.63) is 0 Å². The van der Waals surface area contributed by atoms with Crippen LogP contribution >= 0.6 is 0 Å². The molecule has 0 radical (unpaired) electrons. The van der Waals surface area contributed by atoms with Crippen molar-refractivity contribution in [3.8, 4) is 0 Å². The predicted molar refractivity (Wildman–Crippen MR) is 51.9 cm³/mol. The molecule has 0 amide bonds. The number of esters is 1. The third-order valence-electron chi connectivity index (χ3n) is 2.05. The van der Waals surface area contributed by atoms with Gasteiger partial charge in [0.1, 0.15) is 11.5 Å². The minimum Gasteiger partial charge on any atom is -0.468 e. The van der Waals surface area contributed by atoms with Crippen LogP contribution < -0.4 is 0 Å². The van der Waals surface area contributed by atoms with Crippen LogP contribution in [0.3, 0.4) is 0 Å². The highest BCUT2D eigenvalue weighted by Crippen LogP contribution is 2.17.